The summed E-state index contributed by atoms with van der Waals surface area (Å²) in [7, 11) is 0. The largest absolute Gasteiger partial charge is 0.451 e. The zero-order valence-electron chi connectivity index (χ0n) is 11.7. The number of furan rings is 1. The number of nitrogens with two attached hydrogens (primary N) is 1. The highest BCUT2D eigenvalue weighted by molar-refractivity contribution is 5.96. The molecule has 1 aliphatic rings. The molecule has 1 unspecified atom stereocenters. The Morgan fingerprint density at radius 2 is 2.05 bits per heavy atom. The van der Waals surface area contributed by atoms with Crippen molar-refractivity contribution in [3.05, 3.63) is 36.1 Å². The van der Waals surface area contributed by atoms with E-state index in [2.05, 4.69) is 0 Å². The predicted octanol–water partition coefficient (Wildman–Crippen LogP) is 2.63. The molecule has 0 aliphatic carbocycles. The molecule has 3 rings (SSSR count). The Morgan fingerprint density at radius 1 is 1.35 bits per heavy atom. The van der Waals surface area contributed by atoms with Crippen molar-refractivity contribution in [1.29, 1.82) is 0 Å². The van der Waals surface area contributed by atoms with Gasteiger partial charge in [0.05, 0.1) is 0 Å². The van der Waals surface area contributed by atoms with Gasteiger partial charge in [-0.05, 0) is 37.8 Å². The van der Waals surface area contributed by atoms with Gasteiger partial charge in [0.25, 0.3) is 5.91 Å². The number of rotatable bonds is 2. The molecule has 2 N–H and O–H groups in total. The normalized spacial score (nSPS) is 18.4. The minimum absolute atomic E-state index is 0.00988. The number of amides is 1. The van der Waals surface area contributed by atoms with E-state index >= 15 is 0 Å². The fraction of sp³-hybridized carbons (Fsp3) is 0.438. The van der Waals surface area contributed by atoms with Crippen LogP contribution in [0.3, 0.4) is 0 Å². The average molecular weight is 272 g/mol. The molecule has 1 aromatic carbocycles. The minimum atomic E-state index is -0.00988. The third-order valence-corrected chi connectivity index (χ3v) is 4.21. The van der Waals surface area contributed by atoms with E-state index in [4.69, 9.17) is 10.2 Å². The molecule has 1 saturated heterocycles. The van der Waals surface area contributed by atoms with Crippen LogP contribution in [0.1, 0.15) is 30.3 Å². The summed E-state index contributed by atoms with van der Waals surface area (Å²) in [5.74, 6) is 0.949. The Bertz CT molecular complexity index is 577. The van der Waals surface area contributed by atoms with Crippen LogP contribution in [0.15, 0.2) is 34.7 Å². The van der Waals surface area contributed by atoms with Gasteiger partial charge in [-0.3, -0.25) is 4.79 Å². The van der Waals surface area contributed by atoms with Crippen LogP contribution in [-0.4, -0.2) is 29.9 Å². The van der Waals surface area contributed by atoms with Gasteiger partial charge in [0, 0.05) is 24.5 Å². The Kier molecular flexibility index (Phi) is 3.49. The van der Waals surface area contributed by atoms with Crippen molar-refractivity contribution in [2.24, 2.45) is 11.7 Å². The van der Waals surface area contributed by atoms with Crippen LogP contribution < -0.4 is 5.73 Å². The molecule has 2 heterocycles. The lowest BCUT2D eigenvalue weighted by molar-refractivity contribution is 0.0651. The molecule has 4 heteroatoms. The summed E-state index contributed by atoms with van der Waals surface area (Å²) < 4.78 is 5.64. The monoisotopic (exact) mass is 272 g/mol. The van der Waals surface area contributed by atoms with Gasteiger partial charge in [-0.1, -0.05) is 18.2 Å². The summed E-state index contributed by atoms with van der Waals surface area (Å²) in [5, 5.41) is 0.973. The van der Waals surface area contributed by atoms with Crippen molar-refractivity contribution in [3.8, 4) is 0 Å². The molecule has 1 aromatic heterocycles. The second kappa shape index (κ2) is 5.29. The summed E-state index contributed by atoms with van der Waals surface area (Å²) in [5.41, 5.74) is 6.69. The number of benzene rings is 1. The number of likely N-dealkylation sites (tertiary alicyclic amines) is 1. The Labute approximate surface area is 118 Å². The summed E-state index contributed by atoms with van der Waals surface area (Å²) in [6, 6.07) is 9.73. The SMILES string of the molecule is CC(N)C1CCN(C(=O)c2cc3ccccc3o2)CC1. The number of carbonyl (C=O) groups is 1. The van der Waals surface area contributed by atoms with E-state index in [1.807, 2.05) is 42.2 Å². The van der Waals surface area contributed by atoms with Crippen LogP contribution in [0.25, 0.3) is 11.0 Å². The van der Waals surface area contributed by atoms with Crippen molar-refractivity contribution in [1.82, 2.24) is 4.90 Å². The fourth-order valence-electron chi connectivity index (χ4n) is 2.87. The summed E-state index contributed by atoms with van der Waals surface area (Å²) in [6.07, 6.45) is 1.95. The van der Waals surface area contributed by atoms with Gasteiger partial charge in [0.1, 0.15) is 5.58 Å². The summed E-state index contributed by atoms with van der Waals surface area (Å²) >= 11 is 0. The van der Waals surface area contributed by atoms with Crippen LogP contribution >= 0.6 is 0 Å². The van der Waals surface area contributed by atoms with Gasteiger partial charge in [-0.15, -0.1) is 0 Å². The molecule has 20 heavy (non-hydrogen) atoms. The first-order valence-electron chi connectivity index (χ1n) is 7.18. The maximum absolute atomic E-state index is 12.4. The highest BCUT2D eigenvalue weighted by Crippen LogP contribution is 2.24. The van der Waals surface area contributed by atoms with Crippen LogP contribution in [0.4, 0.5) is 0 Å². The van der Waals surface area contributed by atoms with Crippen molar-refractivity contribution in [2.45, 2.75) is 25.8 Å². The smallest absolute Gasteiger partial charge is 0.289 e. The lowest BCUT2D eigenvalue weighted by Crippen LogP contribution is -2.42. The van der Waals surface area contributed by atoms with Gasteiger partial charge in [0.15, 0.2) is 5.76 Å². The maximum Gasteiger partial charge on any atom is 0.289 e. The average Bonchev–Trinajstić information content (AvgIpc) is 2.90. The molecular weight excluding hydrogens is 252 g/mol. The lowest BCUT2D eigenvalue weighted by atomic mass is 9.91. The second-order valence-electron chi connectivity index (χ2n) is 5.64. The van der Waals surface area contributed by atoms with E-state index in [9.17, 15) is 4.79 Å². The van der Waals surface area contributed by atoms with E-state index in [1.165, 1.54) is 0 Å². The molecular formula is C16H20N2O2. The third-order valence-electron chi connectivity index (χ3n) is 4.21. The molecule has 0 bridgehead atoms. The standard InChI is InChI=1S/C16H20N2O2/c1-11(17)12-6-8-18(9-7-12)16(19)15-10-13-4-2-3-5-14(13)20-15/h2-5,10-12H,6-9,17H2,1H3. The molecule has 1 atom stereocenters. The molecule has 2 aromatic rings. The van der Waals surface area contributed by atoms with Gasteiger partial charge in [0.2, 0.25) is 0 Å². The van der Waals surface area contributed by atoms with Crippen LogP contribution in [-0.2, 0) is 0 Å². The van der Waals surface area contributed by atoms with Crippen molar-refractivity contribution < 1.29 is 9.21 Å². The molecule has 0 spiro atoms. The summed E-state index contributed by atoms with van der Waals surface area (Å²) in [6.45, 7) is 3.57. The van der Waals surface area contributed by atoms with Crippen molar-refractivity contribution in [2.75, 3.05) is 13.1 Å². The molecule has 0 radical (unpaired) electrons. The van der Waals surface area contributed by atoms with Crippen molar-refractivity contribution >= 4 is 16.9 Å². The third kappa shape index (κ3) is 2.43. The molecule has 0 saturated carbocycles. The molecule has 1 aliphatic heterocycles. The first kappa shape index (κ1) is 13.2. The van der Waals surface area contributed by atoms with Gasteiger partial charge in [-0.2, -0.15) is 0 Å². The molecule has 106 valence electrons. The summed E-state index contributed by atoms with van der Waals surface area (Å²) in [4.78, 5) is 14.3. The number of hydrogen-bond donors (Lipinski definition) is 1. The number of hydrogen-bond acceptors (Lipinski definition) is 3. The number of nitrogens with zero attached hydrogens (tertiary/aromatic N) is 1. The van der Waals surface area contributed by atoms with Crippen LogP contribution in [0.2, 0.25) is 0 Å². The molecule has 1 amide bonds. The van der Waals surface area contributed by atoms with Gasteiger partial charge in [-0.25, -0.2) is 0 Å². The Morgan fingerprint density at radius 3 is 2.70 bits per heavy atom. The predicted molar refractivity (Wildman–Crippen MR) is 78.5 cm³/mol. The van der Waals surface area contributed by atoms with E-state index in [1.54, 1.807) is 0 Å². The fourth-order valence-corrected chi connectivity index (χ4v) is 2.87. The number of fused-ring (bicyclic) bond motifs is 1. The highest BCUT2D eigenvalue weighted by Gasteiger charge is 2.27. The lowest BCUT2D eigenvalue weighted by Gasteiger charge is -2.33. The van der Waals surface area contributed by atoms with E-state index in [-0.39, 0.29) is 11.9 Å². The highest BCUT2D eigenvalue weighted by atomic mass is 16.3. The molecule has 4 nitrogen and oxygen atoms in total. The zero-order valence-corrected chi connectivity index (χ0v) is 11.7. The molecule has 1 fully saturated rings. The quantitative estimate of drug-likeness (QED) is 0.914. The first-order valence-corrected chi connectivity index (χ1v) is 7.18. The van der Waals surface area contributed by atoms with Gasteiger partial charge < -0.3 is 15.1 Å². The van der Waals surface area contributed by atoms with Crippen LogP contribution in [0.5, 0.6) is 0 Å². The number of para-hydroxylation sites is 1. The van der Waals surface area contributed by atoms with E-state index in [0.29, 0.717) is 11.7 Å². The number of piperidine rings is 1. The second-order valence-corrected chi connectivity index (χ2v) is 5.64. The topological polar surface area (TPSA) is 59.5 Å². The van der Waals surface area contributed by atoms with Crippen molar-refractivity contribution in [3.63, 3.8) is 0 Å². The van der Waals surface area contributed by atoms with Gasteiger partial charge >= 0.3 is 0 Å². The Hall–Kier alpha value is -1.81. The minimum Gasteiger partial charge on any atom is -0.451 e. The Balaban J connectivity index is 1.73. The maximum atomic E-state index is 12.4. The number of carbonyl (C=O) groups excluding carboxylic acids is 1. The van der Waals surface area contributed by atoms with Crippen LogP contribution in [0, 0.1) is 5.92 Å². The first-order chi connectivity index (χ1) is 9.65. The van der Waals surface area contributed by atoms with E-state index in [0.717, 1.165) is 36.9 Å². The van der Waals surface area contributed by atoms with E-state index < -0.39 is 0 Å². The zero-order chi connectivity index (χ0) is 14.1.